The molecule has 1 atom stereocenters. The lowest BCUT2D eigenvalue weighted by molar-refractivity contribution is 0.479. The number of hydrogen-bond acceptors (Lipinski definition) is 2. The van der Waals surface area contributed by atoms with E-state index in [2.05, 4.69) is 0 Å². The van der Waals surface area contributed by atoms with E-state index in [1.165, 1.54) is 6.42 Å². The number of thioether (sulfide) groups is 1. The molecule has 0 amide bonds. The zero-order chi connectivity index (χ0) is 16.3. The predicted molar refractivity (Wildman–Crippen MR) is 101 cm³/mol. The molecule has 5 heteroatoms. The average Bonchev–Trinajstić information content (AvgIpc) is 2.58. The van der Waals surface area contributed by atoms with E-state index in [1.807, 2.05) is 48.5 Å². The van der Waals surface area contributed by atoms with Crippen LogP contribution in [-0.4, -0.2) is 8.29 Å². The number of halogens is 2. The molecule has 1 unspecified atom stereocenters. The van der Waals surface area contributed by atoms with Crippen molar-refractivity contribution in [2.24, 2.45) is 0 Å². The highest BCUT2D eigenvalue weighted by Crippen LogP contribution is 2.48. The predicted octanol–water partition coefficient (Wildman–Crippen LogP) is 6.55. The molecule has 3 rings (SSSR count). The fourth-order valence-electron chi connectivity index (χ4n) is 2.91. The molecule has 1 nitrogen and oxygen atoms in total. The molecule has 2 aromatic rings. The highest BCUT2D eigenvalue weighted by molar-refractivity contribution is 8.12. The molecule has 2 aromatic carbocycles. The summed E-state index contributed by atoms with van der Waals surface area (Å²) in [7, 11) is -1.07. The Labute approximate surface area is 154 Å². The summed E-state index contributed by atoms with van der Waals surface area (Å²) in [5, 5.41) is 1.40. The van der Waals surface area contributed by atoms with Crippen LogP contribution >= 0.6 is 35.0 Å². The highest BCUT2D eigenvalue weighted by Gasteiger charge is 2.40. The standard InChI is InChI=1S/C18H18Cl2OS2/c19-14-4-8-16(9-5-14)22-18(12-2-1-3-13-18)23(21)17-10-6-15(20)7-11-17/h4-11H,1-3,12-13H2. The van der Waals surface area contributed by atoms with Crippen molar-refractivity contribution in [1.82, 2.24) is 0 Å². The fourth-order valence-corrected chi connectivity index (χ4v) is 6.71. The molecule has 1 aliphatic rings. The van der Waals surface area contributed by atoms with Gasteiger partial charge in [0, 0.05) is 19.8 Å². The number of rotatable bonds is 4. The van der Waals surface area contributed by atoms with Gasteiger partial charge in [0.1, 0.15) is 4.08 Å². The molecule has 23 heavy (non-hydrogen) atoms. The van der Waals surface area contributed by atoms with Gasteiger partial charge in [0.2, 0.25) is 0 Å². The van der Waals surface area contributed by atoms with Gasteiger partial charge in [0.25, 0.3) is 0 Å². The minimum atomic E-state index is -1.07. The Morgan fingerprint density at radius 1 is 0.826 bits per heavy atom. The third-order valence-corrected chi connectivity index (χ3v) is 8.38. The molecule has 1 saturated carbocycles. The minimum absolute atomic E-state index is 0.264. The highest BCUT2D eigenvalue weighted by atomic mass is 35.5. The second kappa shape index (κ2) is 7.60. The third-order valence-electron chi connectivity index (χ3n) is 4.10. The van der Waals surface area contributed by atoms with E-state index >= 15 is 0 Å². The number of hydrogen-bond donors (Lipinski definition) is 0. The van der Waals surface area contributed by atoms with Gasteiger partial charge >= 0.3 is 0 Å². The molecule has 0 bridgehead atoms. The van der Waals surface area contributed by atoms with Crippen LogP contribution in [0.2, 0.25) is 10.0 Å². The van der Waals surface area contributed by atoms with E-state index in [4.69, 9.17) is 23.2 Å². The van der Waals surface area contributed by atoms with Gasteiger partial charge < -0.3 is 0 Å². The molecular formula is C18H18Cl2OS2. The lowest BCUT2D eigenvalue weighted by Crippen LogP contribution is -2.33. The summed E-state index contributed by atoms with van der Waals surface area (Å²) in [5.74, 6) is 0. The molecule has 0 saturated heterocycles. The Balaban J connectivity index is 1.90. The Hall–Kier alpha value is -0.480. The Bertz CT molecular complexity index is 677. The van der Waals surface area contributed by atoms with Crippen molar-refractivity contribution in [3.63, 3.8) is 0 Å². The summed E-state index contributed by atoms with van der Waals surface area (Å²) in [6.07, 6.45) is 5.41. The van der Waals surface area contributed by atoms with E-state index in [0.717, 1.165) is 40.5 Å². The van der Waals surface area contributed by atoms with Crippen molar-refractivity contribution in [3.8, 4) is 0 Å². The maximum atomic E-state index is 13.3. The third kappa shape index (κ3) is 4.14. The maximum Gasteiger partial charge on any atom is 0.100 e. The molecule has 0 aliphatic heterocycles. The largest absolute Gasteiger partial charge is 0.253 e. The van der Waals surface area contributed by atoms with E-state index in [1.54, 1.807) is 11.8 Å². The van der Waals surface area contributed by atoms with Gasteiger partial charge in [-0.1, -0.05) is 42.5 Å². The second-order valence-corrected chi connectivity index (χ2v) is 10.1. The van der Waals surface area contributed by atoms with Crippen LogP contribution < -0.4 is 0 Å². The second-order valence-electron chi connectivity index (χ2n) is 5.75. The topological polar surface area (TPSA) is 17.1 Å². The molecule has 0 spiro atoms. The van der Waals surface area contributed by atoms with Crippen LogP contribution in [0.1, 0.15) is 32.1 Å². The molecule has 1 aliphatic carbocycles. The van der Waals surface area contributed by atoms with Crippen LogP contribution in [-0.2, 0) is 10.8 Å². The first-order valence-corrected chi connectivity index (χ1v) is 10.4. The first-order valence-electron chi connectivity index (χ1n) is 7.71. The summed E-state index contributed by atoms with van der Waals surface area (Å²) in [6, 6.07) is 15.2. The van der Waals surface area contributed by atoms with Crippen molar-refractivity contribution in [2.75, 3.05) is 0 Å². The zero-order valence-corrected chi connectivity index (χ0v) is 15.8. The van der Waals surface area contributed by atoms with E-state index in [0.29, 0.717) is 5.02 Å². The smallest absolute Gasteiger partial charge is 0.100 e. The van der Waals surface area contributed by atoms with Crippen LogP contribution in [0.15, 0.2) is 58.3 Å². The molecule has 0 aromatic heterocycles. The van der Waals surface area contributed by atoms with E-state index in [-0.39, 0.29) is 4.08 Å². The minimum Gasteiger partial charge on any atom is -0.253 e. The van der Waals surface area contributed by atoms with Gasteiger partial charge in [-0.2, -0.15) is 0 Å². The van der Waals surface area contributed by atoms with Crippen molar-refractivity contribution >= 4 is 45.8 Å². The Morgan fingerprint density at radius 3 is 1.91 bits per heavy atom. The SMILES string of the molecule is O=S(c1ccc(Cl)cc1)C1(Sc2ccc(Cl)cc2)CCCCC1. The van der Waals surface area contributed by atoms with Gasteiger partial charge in [-0.25, -0.2) is 0 Å². The average molecular weight is 385 g/mol. The summed E-state index contributed by atoms with van der Waals surface area (Å²) < 4.78 is 13.1. The molecular weight excluding hydrogens is 367 g/mol. The van der Waals surface area contributed by atoms with Crippen LogP contribution in [0.25, 0.3) is 0 Å². The van der Waals surface area contributed by atoms with E-state index < -0.39 is 10.8 Å². The molecule has 0 radical (unpaired) electrons. The first kappa shape index (κ1) is 17.3. The lowest BCUT2D eigenvalue weighted by Gasteiger charge is -2.35. The summed E-state index contributed by atoms with van der Waals surface area (Å²) in [5.41, 5.74) is 0. The van der Waals surface area contributed by atoms with Crippen LogP contribution in [0.5, 0.6) is 0 Å². The normalized spacial score (nSPS) is 18.5. The molecule has 122 valence electrons. The summed E-state index contributed by atoms with van der Waals surface area (Å²) >= 11 is 13.7. The molecule has 0 N–H and O–H groups in total. The maximum absolute atomic E-state index is 13.3. The van der Waals surface area contributed by atoms with Crippen LogP contribution in [0.4, 0.5) is 0 Å². The zero-order valence-electron chi connectivity index (χ0n) is 12.6. The monoisotopic (exact) mass is 384 g/mol. The molecule has 1 fully saturated rings. The summed E-state index contributed by atoms with van der Waals surface area (Å²) in [4.78, 5) is 1.98. The van der Waals surface area contributed by atoms with Gasteiger partial charge in [-0.3, -0.25) is 4.21 Å². The lowest BCUT2D eigenvalue weighted by atomic mass is 10.00. The van der Waals surface area contributed by atoms with Crippen LogP contribution in [0, 0.1) is 0 Å². The molecule has 0 heterocycles. The Morgan fingerprint density at radius 2 is 1.35 bits per heavy atom. The van der Waals surface area contributed by atoms with Crippen molar-refractivity contribution in [1.29, 1.82) is 0 Å². The van der Waals surface area contributed by atoms with Gasteiger partial charge in [-0.05, 0) is 61.4 Å². The summed E-state index contributed by atoms with van der Waals surface area (Å²) in [6.45, 7) is 0. The van der Waals surface area contributed by atoms with Crippen molar-refractivity contribution < 1.29 is 4.21 Å². The van der Waals surface area contributed by atoms with Gasteiger partial charge in [-0.15, -0.1) is 11.8 Å². The Kier molecular flexibility index (Phi) is 5.74. The van der Waals surface area contributed by atoms with Crippen molar-refractivity contribution in [2.45, 2.75) is 46.0 Å². The first-order chi connectivity index (χ1) is 11.1. The van der Waals surface area contributed by atoms with Crippen LogP contribution in [0.3, 0.4) is 0 Å². The van der Waals surface area contributed by atoms with Gasteiger partial charge in [0.15, 0.2) is 0 Å². The van der Waals surface area contributed by atoms with Gasteiger partial charge in [0.05, 0.1) is 10.8 Å². The van der Waals surface area contributed by atoms with E-state index in [9.17, 15) is 4.21 Å². The van der Waals surface area contributed by atoms with Crippen molar-refractivity contribution in [3.05, 3.63) is 58.6 Å². The number of benzene rings is 2. The fraction of sp³-hybridized carbons (Fsp3) is 0.333. The quantitative estimate of drug-likeness (QED) is 0.593.